The van der Waals surface area contributed by atoms with E-state index in [0.717, 1.165) is 28.9 Å². The summed E-state index contributed by atoms with van der Waals surface area (Å²) in [5.74, 6) is 0. The highest BCUT2D eigenvalue weighted by Crippen LogP contribution is 2.41. The van der Waals surface area contributed by atoms with Crippen LogP contribution in [0.25, 0.3) is 0 Å². The summed E-state index contributed by atoms with van der Waals surface area (Å²) in [4.78, 5) is 2.86. The maximum atomic E-state index is 5.61. The molecule has 4 heteroatoms. The molecular formula is C20H29N3S. The van der Waals surface area contributed by atoms with Crippen molar-refractivity contribution in [1.29, 1.82) is 0 Å². The molecule has 3 aliphatic rings. The van der Waals surface area contributed by atoms with Crippen LogP contribution in [-0.4, -0.2) is 34.2 Å². The Hall–Kier alpha value is -1.13. The third-order valence-electron chi connectivity index (χ3n) is 6.19. The fourth-order valence-electron chi connectivity index (χ4n) is 4.73. The quantitative estimate of drug-likeness (QED) is 0.807. The van der Waals surface area contributed by atoms with Crippen LogP contribution < -0.4 is 10.6 Å². The van der Waals surface area contributed by atoms with Gasteiger partial charge in [0.25, 0.3) is 0 Å². The summed E-state index contributed by atoms with van der Waals surface area (Å²) in [6.07, 6.45) is 9.53. The number of rotatable bonds is 3. The Morgan fingerprint density at radius 2 is 1.75 bits per heavy atom. The van der Waals surface area contributed by atoms with Gasteiger partial charge in [-0.3, -0.25) is 4.90 Å². The molecule has 1 aromatic carbocycles. The zero-order valence-corrected chi connectivity index (χ0v) is 15.7. The molecule has 130 valence electrons. The molecule has 0 unspecified atom stereocenters. The van der Waals surface area contributed by atoms with Crippen LogP contribution in [0.15, 0.2) is 18.2 Å². The number of anilines is 1. The zero-order chi connectivity index (χ0) is 16.7. The molecule has 4 rings (SSSR count). The molecule has 2 bridgehead atoms. The average Bonchev–Trinajstić information content (AvgIpc) is 3.35. The number of thiocarbonyl (C=S) groups is 1. The summed E-state index contributed by atoms with van der Waals surface area (Å²) in [5, 5.41) is 7.82. The third-order valence-corrected chi connectivity index (χ3v) is 6.41. The zero-order valence-electron chi connectivity index (χ0n) is 14.8. The summed E-state index contributed by atoms with van der Waals surface area (Å²) in [7, 11) is 0. The Morgan fingerprint density at radius 1 is 1.04 bits per heavy atom. The molecule has 2 atom stereocenters. The number of aryl methyl sites for hydroxylation is 1. The molecule has 0 spiro atoms. The largest absolute Gasteiger partial charge is 0.360 e. The van der Waals surface area contributed by atoms with Gasteiger partial charge in [-0.05, 0) is 81.8 Å². The van der Waals surface area contributed by atoms with E-state index in [4.69, 9.17) is 12.2 Å². The maximum absolute atomic E-state index is 5.61. The Balaban J connectivity index is 1.37. The number of hydrogen-bond donors (Lipinski definition) is 2. The summed E-state index contributed by atoms with van der Waals surface area (Å²) in [6, 6.07) is 9.34. The maximum Gasteiger partial charge on any atom is 0.171 e. The average molecular weight is 344 g/mol. The van der Waals surface area contributed by atoms with Crippen LogP contribution >= 0.6 is 12.2 Å². The van der Waals surface area contributed by atoms with Crippen molar-refractivity contribution in [2.75, 3.05) is 5.32 Å². The number of nitrogens with one attached hydrogen (secondary N) is 2. The molecule has 3 fully saturated rings. The summed E-state index contributed by atoms with van der Waals surface area (Å²) >= 11 is 5.61. The van der Waals surface area contributed by atoms with Crippen molar-refractivity contribution in [3.8, 4) is 0 Å². The van der Waals surface area contributed by atoms with Crippen LogP contribution in [-0.2, 0) is 0 Å². The molecule has 2 saturated heterocycles. The SMILES string of the molecule is Cc1cccc(NC(=S)NC2C[C@@H]3CCC[C@@H](C2)N3C2CC2)c1C. The minimum atomic E-state index is 0.528. The van der Waals surface area contributed by atoms with Gasteiger partial charge in [0.05, 0.1) is 0 Å². The minimum absolute atomic E-state index is 0.528. The summed E-state index contributed by atoms with van der Waals surface area (Å²) < 4.78 is 0. The van der Waals surface area contributed by atoms with Crippen molar-refractivity contribution >= 4 is 23.0 Å². The van der Waals surface area contributed by atoms with Crippen LogP contribution in [0.3, 0.4) is 0 Å². The number of piperidine rings is 2. The van der Waals surface area contributed by atoms with Gasteiger partial charge in [-0.2, -0.15) is 0 Å². The smallest absolute Gasteiger partial charge is 0.171 e. The third kappa shape index (κ3) is 3.31. The first-order chi connectivity index (χ1) is 11.6. The van der Waals surface area contributed by atoms with Crippen molar-refractivity contribution in [3.63, 3.8) is 0 Å². The Kier molecular flexibility index (Phi) is 4.52. The Labute approximate surface area is 151 Å². The molecule has 2 heterocycles. The number of hydrogen-bond acceptors (Lipinski definition) is 2. The minimum Gasteiger partial charge on any atom is -0.360 e. The lowest BCUT2D eigenvalue weighted by molar-refractivity contribution is 0.0209. The Bertz CT molecular complexity index is 611. The lowest BCUT2D eigenvalue weighted by Crippen LogP contribution is -2.57. The van der Waals surface area contributed by atoms with Crippen molar-refractivity contribution < 1.29 is 0 Å². The van der Waals surface area contributed by atoms with E-state index < -0.39 is 0 Å². The normalized spacial score (nSPS) is 30.0. The van der Waals surface area contributed by atoms with Crippen LogP contribution in [0.1, 0.15) is 56.1 Å². The molecule has 3 nitrogen and oxygen atoms in total. The lowest BCUT2D eigenvalue weighted by atomic mass is 9.81. The van der Waals surface area contributed by atoms with Crippen LogP contribution in [0.2, 0.25) is 0 Å². The van der Waals surface area contributed by atoms with Crippen LogP contribution in [0, 0.1) is 13.8 Å². The topological polar surface area (TPSA) is 27.3 Å². The van der Waals surface area contributed by atoms with Gasteiger partial charge in [0, 0.05) is 29.9 Å². The van der Waals surface area contributed by atoms with E-state index in [1.807, 2.05) is 0 Å². The first kappa shape index (κ1) is 16.3. The molecule has 1 aromatic rings. The molecule has 0 amide bonds. The molecule has 1 saturated carbocycles. The number of nitrogens with zero attached hydrogens (tertiary/aromatic N) is 1. The van der Waals surface area contributed by atoms with Gasteiger partial charge in [-0.1, -0.05) is 18.6 Å². The van der Waals surface area contributed by atoms with Gasteiger partial charge in [0.15, 0.2) is 5.11 Å². The molecular weight excluding hydrogens is 314 g/mol. The van der Waals surface area contributed by atoms with Gasteiger partial charge >= 0.3 is 0 Å². The van der Waals surface area contributed by atoms with Gasteiger partial charge in [0.1, 0.15) is 0 Å². The van der Waals surface area contributed by atoms with E-state index >= 15 is 0 Å². The van der Waals surface area contributed by atoms with E-state index in [0.29, 0.717) is 6.04 Å². The monoisotopic (exact) mass is 343 g/mol. The van der Waals surface area contributed by atoms with Crippen molar-refractivity contribution in [3.05, 3.63) is 29.3 Å². The second-order valence-electron chi connectivity index (χ2n) is 7.93. The highest BCUT2D eigenvalue weighted by molar-refractivity contribution is 7.80. The predicted octanol–water partition coefficient (Wildman–Crippen LogP) is 4.14. The van der Waals surface area contributed by atoms with E-state index in [1.54, 1.807) is 0 Å². The second-order valence-corrected chi connectivity index (χ2v) is 8.34. The van der Waals surface area contributed by atoms with Gasteiger partial charge in [-0.25, -0.2) is 0 Å². The molecule has 1 aliphatic carbocycles. The predicted molar refractivity (Wildman–Crippen MR) is 105 cm³/mol. The van der Waals surface area contributed by atoms with Crippen LogP contribution in [0.4, 0.5) is 5.69 Å². The number of fused-ring (bicyclic) bond motifs is 2. The molecule has 2 aliphatic heterocycles. The molecule has 2 N–H and O–H groups in total. The lowest BCUT2D eigenvalue weighted by Gasteiger charge is -2.49. The second kappa shape index (κ2) is 6.64. The number of benzene rings is 1. The highest BCUT2D eigenvalue weighted by atomic mass is 32.1. The fraction of sp³-hybridized carbons (Fsp3) is 0.650. The van der Waals surface area contributed by atoms with Gasteiger partial charge in [-0.15, -0.1) is 0 Å². The standard InChI is InChI=1S/C20H29N3S/c1-13-5-3-8-19(14(13)2)22-20(24)21-15-11-17-6-4-7-18(12-15)23(17)16-9-10-16/h3,5,8,15-18H,4,6-7,9-12H2,1-2H3,(H2,21,22,24)/t17-,18-/m0/s1. The van der Waals surface area contributed by atoms with Crippen molar-refractivity contribution in [1.82, 2.24) is 10.2 Å². The van der Waals surface area contributed by atoms with E-state index in [9.17, 15) is 0 Å². The van der Waals surface area contributed by atoms with Gasteiger partial charge < -0.3 is 10.6 Å². The molecule has 0 radical (unpaired) electrons. The summed E-state index contributed by atoms with van der Waals surface area (Å²) in [5.41, 5.74) is 3.71. The first-order valence-corrected chi connectivity index (χ1v) is 9.94. The molecule has 0 aromatic heterocycles. The fourth-order valence-corrected chi connectivity index (χ4v) is 5.01. The summed E-state index contributed by atoms with van der Waals surface area (Å²) in [6.45, 7) is 4.30. The van der Waals surface area contributed by atoms with Crippen LogP contribution in [0.5, 0.6) is 0 Å². The van der Waals surface area contributed by atoms with E-state index in [-0.39, 0.29) is 0 Å². The van der Waals surface area contributed by atoms with Crippen molar-refractivity contribution in [2.45, 2.75) is 83.0 Å². The van der Waals surface area contributed by atoms with E-state index in [1.165, 1.54) is 56.1 Å². The van der Waals surface area contributed by atoms with Gasteiger partial charge in [0.2, 0.25) is 0 Å². The van der Waals surface area contributed by atoms with E-state index in [2.05, 4.69) is 47.6 Å². The van der Waals surface area contributed by atoms with Crippen molar-refractivity contribution in [2.24, 2.45) is 0 Å². The first-order valence-electron chi connectivity index (χ1n) is 9.53. The Morgan fingerprint density at radius 3 is 2.42 bits per heavy atom. The highest BCUT2D eigenvalue weighted by Gasteiger charge is 2.44. The molecule has 24 heavy (non-hydrogen) atoms.